The number of nitrogens with zero attached hydrogens (tertiary/aromatic N) is 8. The Bertz CT molecular complexity index is 1020. The molecular formula is C20H24N8O. The van der Waals surface area contributed by atoms with Gasteiger partial charge in [-0.3, -0.25) is 0 Å². The Kier molecular flexibility index (Phi) is 4.30. The van der Waals surface area contributed by atoms with Gasteiger partial charge in [-0.05, 0) is 19.9 Å². The first-order chi connectivity index (χ1) is 14.1. The van der Waals surface area contributed by atoms with Gasteiger partial charge in [-0.2, -0.15) is 10.1 Å². The maximum Gasteiger partial charge on any atom is 0.228 e. The first-order valence-corrected chi connectivity index (χ1v) is 9.83. The quantitative estimate of drug-likeness (QED) is 0.663. The maximum absolute atomic E-state index is 5.23. The molecule has 2 saturated heterocycles. The van der Waals surface area contributed by atoms with Crippen molar-refractivity contribution in [2.75, 3.05) is 43.1 Å². The molecule has 29 heavy (non-hydrogen) atoms. The van der Waals surface area contributed by atoms with E-state index in [-0.39, 0.29) is 0 Å². The summed E-state index contributed by atoms with van der Waals surface area (Å²) in [5.41, 5.74) is 2.05. The van der Waals surface area contributed by atoms with E-state index in [1.807, 2.05) is 24.6 Å². The highest BCUT2D eigenvalue weighted by molar-refractivity contribution is 5.46. The molecule has 3 aromatic rings. The summed E-state index contributed by atoms with van der Waals surface area (Å²) < 4.78 is 7.11. The largest absolute Gasteiger partial charge is 0.481 e. The van der Waals surface area contributed by atoms with Crippen LogP contribution in [0.15, 0.2) is 30.7 Å². The van der Waals surface area contributed by atoms with Crippen LogP contribution in [0.5, 0.6) is 5.88 Å². The fraction of sp³-hybridized carbons (Fsp3) is 0.450. The highest BCUT2D eigenvalue weighted by atomic mass is 16.5. The zero-order chi connectivity index (χ0) is 20.0. The van der Waals surface area contributed by atoms with Crippen LogP contribution < -0.4 is 14.5 Å². The molecule has 2 atom stereocenters. The van der Waals surface area contributed by atoms with Crippen LogP contribution >= 0.6 is 0 Å². The molecule has 3 aromatic heterocycles. The Labute approximate surface area is 169 Å². The first kappa shape index (κ1) is 17.8. The normalized spacial score (nSPS) is 20.9. The van der Waals surface area contributed by atoms with E-state index in [1.54, 1.807) is 25.7 Å². The molecule has 0 aliphatic carbocycles. The molecule has 9 nitrogen and oxygen atoms in total. The van der Waals surface area contributed by atoms with Gasteiger partial charge in [0, 0.05) is 62.0 Å². The van der Waals surface area contributed by atoms with Crippen LogP contribution in [0.25, 0.3) is 5.82 Å². The standard InChI is InChI=1S/C20H24N8O/c1-13-6-14(2)28(25-13)18-7-17(22-12-23-18)26-8-15-10-27(11-16(15)9-26)20-21-5-4-19(24-20)29-3/h4-7,12,15-16H,8-11H2,1-3H3. The minimum absolute atomic E-state index is 0.567. The Morgan fingerprint density at radius 2 is 1.66 bits per heavy atom. The van der Waals surface area contributed by atoms with Gasteiger partial charge in [0.1, 0.15) is 12.1 Å². The molecule has 0 N–H and O–H groups in total. The molecule has 5 heterocycles. The fourth-order valence-electron chi connectivity index (χ4n) is 4.43. The second kappa shape index (κ2) is 6.98. The molecular weight excluding hydrogens is 368 g/mol. The van der Waals surface area contributed by atoms with Gasteiger partial charge in [-0.15, -0.1) is 0 Å². The van der Waals surface area contributed by atoms with Crippen LogP contribution in [0, 0.1) is 25.7 Å². The Balaban J connectivity index is 1.30. The summed E-state index contributed by atoms with van der Waals surface area (Å²) in [6, 6.07) is 5.86. The third-order valence-electron chi connectivity index (χ3n) is 5.78. The van der Waals surface area contributed by atoms with E-state index in [9.17, 15) is 0 Å². The Morgan fingerprint density at radius 1 is 0.931 bits per heavy atom. The van der Waals surface area contributed by atoms with Crippen molar-refractivity contribution in [1.82, 2.24) is 29.7 Å². The van der Waals surface area contributed by atoms with Crippen LogP contribution in [0.2, 0.25) is 0 Å². The van der Waals surface area contributed by atoms with Gasteiger partial charge >= 0.3 is 0 Å². The van der Waals surface area contributed by atoms with Crippen molar-refractivity contribution in [2.24, 2.45) is 11.8 Å². The second-order valence-corrected chi connectivity index (χ2v) is 7.80. The summed E-state index contributed by atoms with van der Waals surface area (Å²) in [6.07, 6.45) is 3.38. The SMILES string of the molecule is COc1ccnc(N2CC3CN(c4cc(-n5nc(C)cc5C)ncn4)CC3C2)n1. The predicted molar refractivity (Wildman–Crippen MR) is 109 cm³/mol. The van der Waals surface area contributed by atoms with Gasteiger partial charge in [0.25, 0.3) is 0 Å². The van der Waals surface area contributed by atoms with E-state index in [1.165, 1.54) is 0 Å². The molecule has 2 aliphatic rings. The van der Waals surface area contributed by atoms with E-state index in [0.717, 1.165) is 55.2 Å². The van der Waals surface area contributed by atoms with Crippen LogP contribution in [0.3, 0.4) is 0 Å². The van der Waals surface area contributed by atoms with E-state index in [0.29, 0.717) is 17.7 Å². The highest BCUT2D eigenvalue weighted by Gasteiger charge is 2.41. The van der Waals surface area contributed by atoms with Crippen molar-refractivity contribution >= 4 is 11.8 Å². The molecule has 2 unspecified atom stereocenters. The second-order valence-electron chi connectivity index (χ2n) is 7.80. The third kappa shape index (κ3) is 3.26. The summed E-state index contributed by atoms with van der Waals surface area (Å²) in [5, 5.41) is 4.54. The van der Waals surface area contributed by atoms with Gasteiger partial charge in [0.15, 0.2) is 5.82 Å². The number of methoxy groups -OCH3 is 1. The maximum atomic E-state index is 5.23. The molecule has 0 bridgehead atoms. The number of aryl methyl sites for hydroxylation is 2. The smallest absolute Gasteiger partial charge is 0.228 e. The minimum atomic E-state index is 0.567. The minimum Gasteiger partial charge on any atom is -0.481 e. The van der Waals surface area contributed by atoms with Crippen molar-refractivity contribution in [3.05, 3.63) is 42.1 Å². The lowest BCUT2D eigenvalue weighted by molar-refractivity contribution is 0.397. The zero-order valence-corrected chi connectivity index (χ0v) is 16.9. The number of hydrogen-bond acceptors (Lipinski definition) is 8. The lowest BCUT2D eigenvalue weighted by atomic mass is 10.0. The molecule has 0 amide bonds. The molecule has 0 spiro atoms. The van der Waals surface area contributed by atoms with Gasteiger partial charge in [-0.25, -0.2) is 19.6 Å². The molecule has 2 fully saturated rings. The van der Waals surface area contributed by atoms with Crippen LogP contribution in [-0.2, 0) is 0 Å². The Morgan fingerprint density at radius 3 is 2.34 bits per heavy atom. The average Bonchev–Trinajstić information content (AvgIpc) is 3.41. The first-order valence-electron chi connectivity index (χ1n) is 9.83. The van der Waals surface area contributed by atoms with Crippen LogP contribution in [0.4, 0.5) is 11.8 Å². The summed E-state index contributed by atoms with van der Waals surface area (Å²) in [6.45, 7) is 7.87. The molecule has 9 heteroatoms. The summed E-state index contributed by atoms with van der Waals surface area (Å²) >= 11 is 0. The molecule has 2 aliphatic heterocycles. The van der Waals surface area contributed by atoms with Crippen molar-refractivity contribution < 1.29 is 4.74 Å². The number of anilines is 2. The molecule has 5 rings (SSSR count). The number of ether oxygens (including phenoxy) is 1. The predicted octanol–water partition coefficient (Wildman–Crippen LogP) is 1.65. The zero-order valence-electron chi connectivity index (χ0n) is 16.9. The average molecular weight is 392 g/mol. The summed E-state index contributed by atoms with van der Waals surface area (Å²) in [5.74, 6) is 4.25. The van der Waals surface area contributed by atoms with Crippen molar-refractivity contribution in [2.45, 2.75) is 13.8 Å². The van der Waals surface area contributed by atoms with Gasteiger partial charge in [0.05, 0.1) is 12.8 Å². The van der Waals surface area contributed by atoms with Crippen LogP contribution in [0.1, 0.15) is 11.4 Å². The molecule has 0 radical (unpaired) electrons. The summed E-state index contributed by atoms with van der Waals surface area (Å²) in [4.78, 5) is 22.5. The van der Waals surface area contributed by atoms with Gasteiger partial charge in [-0.1, -0.05) is 0 Å². The van der Waals surface area contributed by atoms with Crippen LogP contribution in [-0.4, -0.2) is 63.0 Å². The number of fused-ring (bicyclic) bond motifs is 1. The Hall–Kier alpha value is -3.23. The molecule has 150 valence electrons. The van der Waals surface area contributed by atoms with Crippen molar-refractivity contribution in [3.63, 3.8) is 0 Å². The third-order valence-corrected chi connectivity index (χ3v) is 5.78. The monoisotopic (exact) mass is 392 g/mol. The highest BCUT2D eigenvalue weighted by Crippen LogP contribution is 2.35. The van der Waals surface area contributed by atoms with Crippen molar-refractivity contribution in [1.29, 1.82) is 0 Å². The van der Waals surface area contributed by atoms with Gasteiger partial charge in [0.2, 0.25) is 11.8 Å². The van der Waals surface area contributed by atoms with E-state index >= 15 is 0 Å². The van der Waals surface area contributed by atoms with Crippen molar-refractivity contribution in [3.8, 4) is 11.7 Å². The fourth-order valence-corrected chi connectivity index (χ4v) is 4.43. The lowest BCUT2D eigenvalue weighted by Crippen LogP contribution is -2.30. The number of aromatic nitrogens is 6. The number of rotatable bonds is 4. The molecule has 0 aromatic carbocycles. The van der Waals surface area contributed by atoms with E-state index < -0.39 is 0 Å². The lowest BCUT2D eigenvalue weighted by Gasteiger charge is -2.22. The number of hydrogen-bond donors (Lipinski definition) is 0. The summed E-state index contributed by atoms with van der Waals surface area (Å²) in [7, 11) is 1.63. The topological polar surface area (TPSA) is 85.1 Å². The van der Waals surface area contributed by atoms with Gasteiger partial charge < -0.3 is 14.5 Å². The molecule has 0 saturated carbocycles. The van der Waals surface area contributed by atoms with E-state index in [2.05, 4.69) is 40.9 Å². The van der Waals surface area contributed by atoms with E-state index in [4.69, 9.17) is 4.74 Å².